The van der Waals surface area contributed by atoms with Crippen LogP contribution in [0.5, 0.6) is 0 Å². The molecule has 1 N–H and O–H groups in total. The summed E-state index contributed by atoms with van der Waals surface area (Å²) in [7, 11) is 4.15. The second-order valence-corrected chi connectivity index (χ2v) is 6.11. The summed E-state index contributed by atoms with van der Waals surface area (Å²) in [4.78, 5) is 2.16. The van der Waals surface area contributed by atoms with Gasteiger partial charge in [-0.2, -0.15) is 5.26 Å². The van der Waals surface area contributed by atoms with Crippen LogP contribution < -0.4 is 5.32 Å². The van der Waals surface area contributed by atoms with Crippen LogP contribution in [-0.4, -0.2) is 25.5 Å². The fourth-order valence-electron chi connectivity index (χ4n) is 1.97. The highest BCUT2D eigenvalue weighted by molar-refractivity contribution is 5.45. The minimum Gasteiger partial charge on any atom is -0.385 e. The van der Waals surface area contributed by atoms with Crippen molar-refractivity contribution in [2.75, 3.05) is 26.0 Å². The van der Waals surface area contributed by atoms with E-state index in [1.54, 1.807) is 0 Å². The molecule has 3 heteroatoms. The lowest BCUT2D eigenvalue weighted by Gasteiger charge is -2.24. The zero-order chi connectivity index (χ0) is 14.3. The Morgan fingerprint density at radius 3 is 2.68 bits per heavy atom. The summed E-state index contributed by atoms with van der Waals surface area (Å²) in [6.07, 6.45) is 1.54. The highest BCUT2D eigenvalue weighted by atomic mass is 15.0. The number of hydrogen-bond acceptors (Lipinski definition) is 3. The van der Waals surface area contributed by atoms with Crippen LogP contribution in [0.15, 0.2) is 24.3 Å². The van der Waals surface area contributed by atoms with Crippen LogP contribution in [-0.2, 0) is 6.54 Å². The van der Waals surface area contributed by atoms with E-state index in [0.717, 1.165) is 25.2 Å². The van der Waals surface area contributed by atoms with Crippen LogP contribution in [0.1, 0.15) is 32.3 Å². The summed E-state index contributed by atoms with van der Waals surface area (Å²) < 4.78 is 0. The van der Waals surface area contributed by atoms with Gasteiger partial charge in [0, 0.05) is 25.2 Å². The molecule has 0 unspecified atom stereocenters. The first-order valence-electron chi connectivity index (χ1n) is 6.77. The summed E-state index contributed by atoms with van der Waals surface area (Å²) in [6.45, 7) is 6.23. The Kier molecular flexibility index (Phi) is 5.85. The maximum Gasteiger partial charge on any atom is 0.0621 e. The second-order valence-electron chi connectivity index (χ2n) is 6.11. The lowest BCUT2D eigenvalue weighted by atomic mass is 9.88. The van der Waals surface area contributed by atoms with Crippen molar-refractivity contribution in [3.8, 4) is 6.07 Å². The molecule has 0 bridgehead atoms. The monoisotopic (exact) mass is 259 g/mol. The van der Waals surface area contributed by atoms with Crippen molar-refractivity contribution in [1.29, 1.82) is 5.26 Å². The van der Waals surface area contributed by atoms with Gasteiger partial charge >= 0.3 is 0 Å². The first-order chi connectivity index (χ1) is 8.93. The fraction of sp³-hybridized carbons (Fsp3) is 0.562. The third-order valence-electron chi connectivity index (χ3n) is 3.11. The molecule has 0 radical (unpaired) electrons. The number of hydrogen-bond donors (Lipinski definition) is 1. The molecule has 0 spiro atoms. The SMILES string of the molecule is CN(C)Cc1cccc(NCC(C)(C)CCC#N)c1. The van der Waals surface area contributed by atoms with Gasteiger partial charge in [0.05, 0.1) is 6.07 Å². The van der Waals surface area contributed by atoms with Crippen LogP contribution in [0.4, 0.5) is 5.69 Å². The Morgan fingerprint density at radius 2 is 2.05 bits per heavy atom. The maximum absolute atomic E-state index is 8.66. The van der Waals surface area contributed by atoms with Crippen molar-refractivity contribution in [1.82, 2.24) is 4.90 Å². The number of rotatable bonds is 7. The summed E-state index contributed by atoms with van der Waals surface area (Å²) in [5, 5.41) is 12.1. The number of nitriles is 1. The van der Waals surface area contributed by atoms with Gasteiger partial charge in [-0.05, 0) is 43.6 Å². The van der Waals surface area contributed by atoms with Crippen LogP contribution in [0, 0.1) is 16.7 Å². The third kappa shape index (κ3) is 6.26. The average Bonchev–Trinajstić information content (AvgIpc) is 2.34. The Hall–Kier alpha value is -1.53. The van der Waals surface area contributed by atoms with E-state index in [4.69, 9.17) is 5.26 Å². The molecule has 3 nitrogen and oxygen atoms in total. The third-order valence-corrected chi connectivity index (χ3v) is 3.11. The molecule has 0 aliphatic heterocycles. The van der Waals surface area contributed by atoms with Crippen molar-refractivity contribution in [3.63, 3.8) is 0 Å². The fourth-order valence-corrected chi connectivity index (χ4v) is 1.97. The molecule has 19 heavy (non-hydrogen) atoms. The summed E-state index contributed by atoms with van der Waals surface area (Å²) >= 11 is 0. The molecule has 0 saturated heterocycles. The topological polar surface area (TPSA) is 39.1 Å². The van der Waals surface area contributed by atoms with E-state index in [1.807, 2.05) is 0 Å². The molecule has 0 aliphatic rings. The highest BCUT2D eigenvalue weighted by Gasteiger charge is 2.16. The lowest BCUT2D eigenvalue weighted by Crippen LogP contribution is -2.23. The van der Waals surface area contributed by atoms with E-state index >= 15 is 0 Å². The highest BCUT2D eigenvalue weighted by Crippen LogP contribution is 2.23. The van der Waals surface area contributed by atoms with E-state index in [1.165, 1.54) is 5.56 Å². The van der Waals surface area contributed by atoms with E-state index in [0.29, 0.717) is 6.42 Å². The summed E-state index contributed by atoms with van der Waals surface area (Å²) in [5.41, 5.74) is 2.61. The largest absolute Gasteiger partial charge is 0.385 e. The first-order valence-corrected chi connectivity index (χ1v) is 6.77. The summed E-state index contributed by atoms with van der Waals surface area (Å²) in [5.74, 6) is 0. The number of anilines is 1. The second kappa shape index (κ2) is 7.16. The van der Waals surface area contributed by atoms with Gasteiger partial charge in [-0.15, -0.1) is 0 Å². The van der Waals surface area contributed by atoms with E-state index < -0.39 is 0 Å². The van der Waals surface area contributed by atoms with Crippen LogP contribution in [0.25, 0.3) is 0 Å². The molecule has 0 atom stereocenters. The molecule has 0 aromatic heterocycles. The Labute approximate surface area is 117 Å². The van der Waals surface area contributed by atoms with Gasteiger partial charge < -0.3 is 10.2 Å². The van der Waals surface area contributed by atoms with Gasteiger partial charge in [0.15, 0.2) is 0 Å². The van der Waals surface area contributed by atoms with Crippen molar-refractivity contribution in [3.05, 3.63) is 29.8 Å². The van der Waals surface area contributed by atoms with Gasteiger partial charge in [0.25, 0.3) is 0 Å². The average molecular weight is 259 g/mol. The van der Waals surface area contributed by atoms with Gasteiger partial charge in [-0.3, -0.25) is 0 Å². The molecule has 104 valence electrons. The van der Waals surface area contributed by atoms with Gasteiger partial charge in [0.1, 0.15) is 0 Å². The smallest absolute Gasteiger partial charge is 0.0621 e. The molecule has 0 amide bonds. The first kappa shape index (κ1) is 15.5. The summed E-state index contributed by atoms with van der Waals surface area (Å²) in [6, 6.07) is 10.7. The minimum atomic E-state index is 0.146. The zero-order valence-electron chi connectivity index (χ0n) is 12.5. The van der Waals surface area contributed by atoms with Crippen LogP contribution >= 0.6 is 0 Å². The Bertz CT molecular complexity index is 430. The van der Waals surface area contributed by atoms with Crippen molar-refractivity contribution >= 4 is 5.69 Å². The molecule has 0 fully saturated rings. The van der Waals surface area contributed by atoms with Gasteiger partial charge in [-0.1, -0.05) is 26.0 Å². The molecule has 0 heterocycles. The molecule has 1 rings (SSSR count). The molecule has 1 aromatic carbocycles. The molecule has 1 aromatic rings. The minimum absolute atomic E-state index is 0.146. The van der Waals surface area contributed by atoms with Gasteiger partial charge in [-0.25, -0.2) is 0 Å². The standard InChI is InChI=1S/C16H25N3/c1-16(2,9-6-10-17)13-18-15-8-5-7-14(11-15)12-19(3)4/h5,7-8,11,18H,6,9,12-13H2,1-4H3. The molecular weight excluding hydrogens is 234 g/mol. The zero-order valence-corrected chi connectivity index (χ0v) is 12.5. The predicted octanol–water partition coefficient (Wildman–Crippen LogP) is 3.49. The molecule has 0 saturated carbocycles. The lowest BCUT2D eigenvalue weighted by molar-refractivity contribution is 0.363. The van der Waals surface area contributed by atoms with E-state index in [2.05, 4.69) is 68.5 Å². The Balaban J connectivity index is 2.55. The number of nitrogens with zero attached hydrogens (tertiary/aromatic N) is 2. The normalized spacial score (nSPS) is 11.4. The molecule has 0 aliphatic carbocycles. The number of benzene rings is 1. The van der Waals surface area contributed by atoms with E-state index in [-0.39, 0.29) is 5.41 Å². The van der Waals surface area contributed by atoms with Gasteiger partial charge in [0.2, 0.25) is 0 Å². The van der Waals surface area contributed by atoms with Crippen molar-refractivity contribution in [2.24, 2.45) is 5.41 Å². The van der Waals surface area contributed by atoms with Crippen LogP contribution in [0.2, 0.25) is 0 Å². The Morgan fingerprint density at radius 1 is 1.32 bits per heavy atom. The number of nitrogens with one attached hydrogen (secondary N) is 1. The van der Waals surface area contributed by atoms with E-state index in [9.17, 15) is 0 Å². The predicted molar refractivity (Wildman–Crippen MR) is 81.0 cm³/mol. The van der Waals surface area contributed by atoms with Crippen molar-refractivity contribution in [2.45, 2.75) is 33.2 Å². The van der Waals surface area contributed by atoms with Crippen molar-refractivity contribution < 1.29 is 0 Å². The van der Waals surface area contributed by atoms with Crippen LogP contribution in [0.3, 0.4) is 0 Å². The quantitative estimate of drug-likeness (QED) is 0.814. The molecular formula is C16H25N3. The maximum atomic E-state index is 8.66.